The maximum absolute atomic E-state index is 12.8. The number of aliphatic hydroxyl groups excluding tert-OH is 1. The molecule has 1 aromatic carbocycles. The number of furan rings is 1. The van der Waals surface area contributed by atoms with Crippen molar-refractivity contribution in [3.63, 3.8) is 0 Å². The van der Waals surface area contributed by atoms with Crippen LogP contribution in [0, 0.1) is 5.92 Å². The van der Waals surface area contributed by atoms with Crippen LogP contribution < -0.4 is 5.56 Å². The zero-order chi connectivity index (χ0) is 20.9. The molecule has 0 radical (unpaired) electrons. The van der Waals surface area contributed by atoms with Crippen LogP contribution in [0.25, 0.3) is 20.5 Å². The van der Waals surface area contributed by atoms with Crippen LogP contribution in [-0.2, 0) is 19.7 Å². The third kappa shape index (κ3) is 3.35. The summed E-state index contributed by atoms with van der Waals surface area (Å²) in [4.78, 5) is 16.4. The van der Waals surface area contributed by atoms with Gasteiger partial charge in [-0.3, -0.25) is 9.69 Å². The summed E-state index contributed by atoms with van der Waals surface area (Å²) in [7, 11) is 0. The van der Waals surface area contributed by atoms with E-state index in [1.165, 1.54) is 26.2 Å². The first-order valence-electron chi connectivity index (χ1n) is 10.8. The zero-order valence-electron chi connectivity index (χ0n) is 17.2. The van der Waals surface area contributed by atoms with Gasteiger partial charge in [-0.15, -0.1) is 11.3 Å². The normalized spacial score (nSPS) is 20.8. The molecule has 1 fully saturated rings. The first-order chi connectivity index (χ1) is 15.2. The molecule has 1 saturated heterocycles. The smallest absolute Gasteiger partial charge is 0.250 e. The Balaban J connectivity index is 1.37. The van der Waals surface area contributed by atoms with Crippen molar-refractivity contribution < 1.29 is 9.52 Å². The molecule has 3 aromatic heterocycles. The summed E-state index contributed by atoms with van der Waals surface area (Å²) in [6, 6.07) is 18.3. The maximum Gasteiger partial charge on any atom is 0.250 e. The van der Waals surface area contributed by atoms with E-state index in [0.717, 1.165) is 38.4 Å². The van der Waals surface area contributed by atoms with Gasteiger partial charge in [0.1, 0.15) is 18.1 Å². The third-order valence-corrected chi connectivity index (χ3v) is 7.76. The molecular weight excluding hydrogens is 408 g/mol. The minimum atomic E-state index is -0.0694. The van der Waals surface area contributed by atoms with Crippen LogP contribution in [0.3, 0.4) is 0 Å². The number of benzene rings is 1. The van der Waals surface area contributed by atoms with Crippen LogP contribution in [-0.4, -0.2) is 27.7 Å². The highest BCUT2D eigenvalue weighted by molar-refractivity contribution is 7.22. The Labute approximate surface area is 184 Å². The molecule has 31 heavy (non-hydrogen) atoms. The van der Waals surface area contributed by atoms with Crippen LogP contribution in [0.15, 0.2) is 63.8 Å². The second-order valence-corrected chi connectivity index (χ2v) is 9.83. The SMILES string of the molecule is O=c1ccc(-c2cc3ccccc3s2)c2n1C[C@H]1C[C@@H]2CN(Cc2ccc(CO)o2)C1. The summed E-state index contributed by atoms with van der Waals surface area (Å²) in [5, 5.41) is 10.5. The van der Waals surface area contributed by atoms with Gasteiger partial charge in [-0.05, 0) is 48.1 Å². The van der Waals surface area contributed by atoms with Gasteiger partial charge in [0.05, 0.1) is 6.54 Å². The van der Waals surface area contributed by atoms with Crippen LogP contribution in [0.5, 0.6) is 0 Å². The molecule has 2 atom stereocenters. The van der Waals surface area contributed by atoms with E-state index >= 15 is 0 Å². The van der Waals surface area contributed by atoms with Crippen molar-refractivity contribution in [1.29, 1.82) is 0 Å². The van der Waals surface area contributed by atoms with Crippen molar-refractivity contribution in [3.8, 4) is 10.4 Å². The molecule has 158 valence electrons. The van der Waals surface area contributed by atoms with Crippen molar-refractivity contribution in [1.82, 2.24) is 9.47 Å². The average molecular weight is 433 g/mol. The number of likely N-dealkylation sites (tertiary alicyclic amines) is 1. The molecule has 0 unspecified atom stereocenters. The molecule has 2 aliphatic heterocycles. The summed E-state index contributed by atoms with van der Waals surface area (Å²) in [5.41, 5.74) is 2.50. The quantitative estimate of drug-likeness (QED) is 0.518. The second kappa shape index (κ2) is 7.48. The number of fused-ring (bicyclic) bond motifs is 5. The Morgan fingerprint density at radius 1 is 1.03 bits per heavy atom. The van der Waals surface area contributed by atoms with Crippen molar-refractivity contribution >= 4 is 21.4 Å². The summed E-state index contributed by atoms with van der Waals surface area (Å²) < 4.78 is 9.04. The molecule has 0 aliphatic carbocycles. The Morgan fingerprint density at radius 3 is 2.74 bits per heavy atom. The molecule has 2 bridgehead atoms. The van der Waals surface area contributed by atoms with Gasteiger partial charge in [-0.2, -0.15) is 0 Å². The minimum absolute atomic E-state index is 0.0694. The van der Waals surface area contributed by atoms with Gasteiger partial charge in [0.15, 0.2) is 0 Å². The Bertz CT molecular complexity index is 1280. The standard InChI is InChI=1S/C25H24N2O3S/c28-15-20-6-5-19(30-20)14-26-11-16-9-18(13-26)25-21(7-8-24(29)27(25)12-16)23-10-17-3-1-2-4-22(17)31-23/h1-8,10,16,18,28H,9,11-15H2/t16-,18+/m0/s1. The molecule has 6 heteroatoms. The van der Waals surface area contributed by atoms with Crippen molar-refractivity contribution in [2.75, 3.05) is 13.1 Å². The third-order valence-electron chi connectivity index (χ3n) is 6.61. The van der Waals surface area contributed by atoms with Crippen LogP contribution >= 0.6 is 11.3 Å². The summed E-state index contributed by atoms with van der Waals surface area (Å²) in [6.45, 7) is 3.32. The summed E-state index contributed by atoms with van der Waals surface area (Å²) in [5.74, 6) is 2.29. The monoisotopic (exact) mass is 432 g/mol. The van der Waals surface area contributed by atoms with E-state index in [1.54, 1.807) is 17.4 Å². The fraction of sp³-hybridized carbons (Fsp3) is 0.320. The van der Waals surface area contributed by atoms with E-state index in [4.69, 9.17) is 4.42 Å². The fourth-order valence-electron chi connectivity index (χ4n) is 5.38. The lowest BCUT2D eigenvalue weighted by Gasteiger charge is -2.43. The predicted octanol–water partition coefficient (Wildman–Crippen LogP) is 4.43. The summed E-state index contributed by atoms with van der Waals surface area (Å²) in [6.07, 6.45) is 1.12. The number of aliphatic hydroxyl groups is 1. The van der Waals surface area contributed by atoms with Gasteiger partial charge < -0.3 is 14.1 Å². The van der Waals surface area contributed by atoms with Gasteiger partial charge in [0, 0.05) is 52.5 Å². The van der Waals surface area contributed by atoms with E-state index < -0.39 is 0 Å². The van der Waals surface area contributed by atoms with Crippen molar-refractivity contribution in [2.45, 2.75) is 32.0 Å². The van der Waals surface area contributed by atoms with E-state index in [1.807, 2.05) is 22.8 Å². The predicted molar refractivity (Wildman–Crippen MR) is 122 cm³/mol. The Kier molecular flexibility index (Phi) is 4.60. The lowest BCUT2D eigenvalue weighted by atomic mass is 9.81. The molecule has 1 N–H and O–H groups in total. The molecular formula is C25H24N2O3S. The first-order valence-corrected chi connectivity index (χ1v) is 11.6. The van der Waals surface area contributed by atoms with E-state index in [2.05, 4.69) is 35.2 Å². The number of hydrogen-bond acceptors (Lipinski definition) is 5. The van der Waals surface area contributed by atoms with Crippen LogP contribution in [0.4, 0.5) is 0 Å². The molecule has 0 saturated carbocycles. The molecule has 5 heterocycles. The maximum atomic E-state index is 12.8. The number of thiophene rings is 1. The van der Waals surface area contributed by atoms with Crippen molar-refractivity contribution in [3.05, 3.63) is 82.2 Å². The van der Waals surface area contributed by atoms with Gasteiger partial charge >= 0.3 is 0 Å². The molecule has 0 spiro atoms. The number of pyridine rings is 1. The topological polar surface area (TPSA) is 58.6 Å². The first kappa shape index (κ1) is 19.0. The van der Waals surface area contributed by atoms with Gasteiger partial charge in [-0.1, -0.05) is 18.2 Å². The molecule has 2 aliphatic rings. The Morgan fingerprint density at radius 2 is 1.90 bits per heavy atom. The number of rotatable bonds is 4. The molecule has 4 aromatic rings. The van der Waals surface area contributed by atoms with E-state index in [9.17, 15) is 9.90 Å². The van der Waals surface area contributed by atoms with Gasteiger partial charge in [0.25, 0.3) is 5.56 Å². The highest BCUT2D eigenvalue weighted by Gasteiger charge is 2.36. The average Bonchev–Trinajstić information content (AvgIpc) is 3.41. The molecule has 0 amide bonds. The van der Waals surface area contributed by atoms with Crippen LogP contribution in [0.1, 0.15) is 29.6 Å². The molecule has 5 nitrogen and oxygen atoms in total. The lowest BCUT2D eigenvalue weighted by molar-refractivity contribution is 0.107. The second-order valence-electron chi connectivity index (χ2n) is 8.75. The van der Waals surface area contributed by atoms with Crippen LogP contribution in [0.2, 0.25) is 0 Å². The van der Waals surface area contributed by atoms with Gasteiger partial charge in [-0.25, -0.2) is 0 Å². The number of nitrogens with zero attached hydrogens (tertiary/aromatic N) is 2. The van der Waals surface area contributed by atoms with E-state index in [-0.39, 0.29) is 12.2 Å². The fourth-order valence-corrected chi connectivity index (χ4v) is 6.48. The number of piperidine rings is 1. The zero-order valence-corrected chi connectivity index (χ0v) is 18.0. The molecule has 6 rings (SSSR count). The van der Waals surface area contributed by atoms with E-state index in [0.29, 0.717) is 17.6 Å². The highest BCUT2D eigenvalue weighted by atomic mass is 32.1. The highest BCUT2D eigenvalue weighted by Crippen LogP contribution is 2.43. The number of hydrogen-bond donors (Lipinski definition) is 1. The Hall–Kier alpha value is -2.67. The largest absolute Gasteiger partial charge is 0.462 e. The summed E-state index contributed by atoms with van der Waals surface area (Å²) >= 11 is 1.80. The van der Waals surface area contributed by atoms with Crippen molar-refractivity contribution in [2.24, 2.45) is 5.92 Å². The lowest BCUT2D eigenvalue weighted by Crippen LogP contribution is -2.46. The minimum Gasteiger partial charge on any atom is -0.462 e. The number of aromatic nitrogens is 1. The van der Waals surface area contributed by atoms with Gasteiger partial charge in [0.2, 0.25) is 0 Å².